The zero-order chi connectivity index (χ0) is 31.6. The van der Waals surface area contributed by atoms with Gasteiger partial charge in [0.25, 0.3) is 5.91 Å². The molecule has 0 bridgehead atoms. The van der Waals surface area contributed by atoms with Crippen molar-refractivity contribution in [1.29, 1.82) is 0 Å². The van der Waals surface area contributed by atoms with Gasteiger partial charge in [-0.05, 0) is 70.0 Å². The zero-order valence-electron chi connectivity index (χ0n) is 25.6. The van der Waals surface area contributed by atoms with E-state index in [9.17, 15) is 14.4 Å². The van der Waals surface area contributed by atoms with Crippen LogP contribution in [0.3, 0.4) is 0 Å². The van der Waals surface area contributed by atoms with Gasteiger partial charge in [0.05, 0.1) is 16.3 Å². The number of Topliss-reactive ketones (excluding diaryl/α,β-unsaturated/α-hetero) is 1. The Labute approximate surface area is 261 Å². The molecule has 10 nitrogen and oxygen atoms in total. The molecule has 1 saturated carbocycles. The number of anilines is 1. The second-order valence-electron chi connectivity index (χ2n) is 12.3. The SMILES string of the molecule is CN(C)C1=CC(C(=O)C2CCCCC2)(c2c(C(=O)Nc3ccc(Cl)cn3)oc3ccc(OCC(=O)OC(C)(C)C)cc23)N=C1. The van der Waals surface area contributed by atoms with Gasteiger partial charge >= 0.3 is 5.97 Å². The summed E-state index contributed by atoms with van der Waals surface area (Å²) in [6.07, 6.45) is 9.36. The first-order valence-electron chi connectivity index (χ1n) is 14.7. The Morgan fingerprint density at radius 3 is 2.50 bits per heavy atom. The number of halogens is 1. The van der Waals surface area contributed by atoms with E-state index in [0.717, 1.165) is 37.8 Å². The molecular formula is C33H37ClN4O6. The summed E-state index contributed by atoms with van der Waals surface area (Å²) in [6.45, 7) is 5.02. The monoisotopic (exact) mass is 620 g/mol. The van der Waals surface area contributed by atoms with E-state index < -0.39 is 23.0 Å². The number of hydrogen-bond acceptors (Lipinski definition) is 9. The van der Waals surface area contributed by atoms with Gasteiger partial charge in [0.15, 0.2) is 23.7 Å². The van der Waals surface area contributed by atoms with Gasteiger partial charge in [-0.3, -0.25) is 14.6 Å². The number of pyridine rings is 1. The molecule has 232 valence electrons. The second kappa shape index (κ2) is 12.4. The van der Waals surface area contributed by atoms with Crippen molar-refractivity contribution in [2.75, 3.05) is 26.0 Å². The van der Waals surface area contributed by atoms with Crippen LogP contribution in [0.15, 0.2) is 57.7 Å². The third kappa shape index (κ3) is 6.65. The summed E-state index contributed by atoms with van der Waals surface area (Å²) < 4.78 is 17.4. The van der Waals surface area contributed by atoms with Gasteiger partial charge < -0.3 is 24.1 Å². The van der Waals surface area contributed by atoms with Crippen LogP contribution in [0, 0.1) is 5.92 Å². The first-order valence-corrected chi connectivity index (χ1v) is 15.1. The lowest BCUT2D eigenvalue weighted by atomic mass is 9.74. The van der Waals surface area contributed by atoms with Crippen LogP contribution in [-0.4, -0.2) is 60.1 Å². The van der Waals surface area contributed by atoms with Gasteiger partial charge in [-0.1, -0.05) is 30.9 Å². The summed E-state index contributed by atoms with van der Waals surface area (Å²) in [6, 6.07) is 8.14. The quantitative estimate of drug-likeness (QED) is 0.275. The fourth-order valence-corrected chi connectivity index (χ4v) is 5.72. The van der Waals surface area contributed by atoms with E-state index in [2.05, 4.69) is 10.3 Å². The number of hydrogen-bond donors (Lipinski definition) is 1. The van der Waals surface area contributed by atoms with Crippen LogP contribution < -0.4 is 10.1 Å². The summed E-state index contributed by atoms with van der Waals surface area (Å²) in [4.78, 5) is 51.7. The van der Waals surface area contributed by atoms with Crippen LogP contribution in [0.5, 0.6) is 5.75 Å². The van der Waals surface area contributed by atoms with E-state index in [0.29, 0.717) is 27.3 Å². The molecule has 0 spiro atoms. The van der Waals surface area contributed by atoms with Crippen LogP contribution in [0.2, 0.25) is 5.02 Å². The van der Waals surface area contributed by atoms with Crippen molar-refractivity contribution in [3.05, 3.63) is 64.6 Å². The lowest BCUT2D eigenvalue weighted by Gasteiger charge is -2.30. The molecule has 1 aliphatic carbocycles. The molecule has 1 amide bonds. The Balaban J connectivity index is 1.64. The average Bonchev–Trinajstić information content (AvgIpc) is 3.60. The number of nitrogens with zero attached hydrogens (tertiary/aromatic N) is 3. The van der Waals surface area contributed by atoms with Crippen molar-refractivity contribution in [3.63, 3.8) is 0 Å². The molecular weight excluding hydrogens is 584 g/mol. The number of ketones is 1. The molecule has 1 atom stereocenters. The van der Waals surface area contributed by atoms with Crippen LogP contribution in [0.25, 0.3) is 11.0 Å². The number of fused-ring (bicyclic) bond motifs is 1. The van der Waals surface area contributed by atoms with Gasteiger partial charge in [0.2, 0.25) is 0 Å². The number of amides is 1. The molecule has 1 aliphatic heterocycles. The third-order valence-electron chi connectivity index (χ3n) is 7.62. The van der Waals surface area contributed by atoms with Crippen molar-refractivity contribution in [2.24, 2.45) is 10.9 Å². The van der Waals surface area contributed by atoms with Crippen LogP contribution in [0.1, 0.15) is 69.0 Å². The highest BCUT2D eigenvalue weighted by atomic mass is 35.5. The maximum Gasteiger partial charge on any atom is 0.344 e. The molecule has 2 aliphatic rings. The standard InChI is InChI=1S/C33H37ClN4O6/c1-32(2,3)44-27(39)19-42-23-12-13-25-24(15-23)28(29(43-25)31(41)37-26-14-11-21(34)17-35-26)33(16-22(18-36-33)38(4)5)30(40)20-9-7-6-8-10-20/h11-18,20H,6-10,19H2,1-5H3,(H,35,37,41). The summed E-state index contributed by atoms with van der Waals surface area (Å²) in [5.74, 6) is -0.909. The molecule has 2 aromatic heterocycles. The molecule has 44 heavy (non-hydrogen) atoms. The van der Waals surface area contributed by atoms with E-state index in [1.165, 1.54) is 6.20 Å². The molecule has 1 unspecified atom stereocenters. The molecule has 1 N–H and O–H groups in total. The molecule has 0 saturated heterocycles. The maximum absolute atomic E-state index is 14.6. The molecule has 5 rings (SSSR count). The molecule has 1 fully saturated rings. The van der Waals surface area contributed by atoms with Crippen LogP contribution in [-0.2, 0) is 19.9 Å². The van der Waals surface area contributed by atoms with E-state index in [4.69, 9.17) is 30.5 Å². The smallest absolute Gasteiger partial charge is 0.344 e. The van der Waals surface area contributed by atoms with Crippen molar-refractivity contribution in [1.82, 2.24) is 9.88 Å². The van der Waals surface area contributed by atoms with Gasteiger partial charge in [-0.15, -0.1) is 0 Å². The minimum atomic E-state index is -1.52. The molecule has 3 aromatic rings. The number of furan rings is 1. The number of esters is 1. The normalized spacial score (nSPS) is 18.6. The fourth-order valence-electron chi connectivity index (χ4n) is 5.61. The van der Waals surface area contributed by atoms with Crippen molar-refractivity contribution in [3.8, 4) is 5.75 Å². The first-order chi connectivity index (χ1) is 20.9. The number of aromatic nitrogens is 1. The Morgan fingerprint density at radius 2 is 1.86 bits per heavy atom. The van der Waals surface area contributed by atoms with Crippen LogP contribution in [0.4, 0.5) is 5.82 Å². The predicted octanol–water partition coefficient (Wildman–Crippen LogP) is 6.33. The lowest BCUT2D eigenvalue weighted by molar-refractivity contribution is -0.157. The van der Waals surface area contributed by atoms with Gasteiger partial charge in [0, 0.05) is 37.8 Å². The van der Waals surface area contributed by atoms with E-state index in [1.807, 2.05) is 19.0 Å². The van der Waals surface area contributed by atoms with Gasteiger partial charge in [0.1, 0.15) is 22.8 Å². The topological polar surface area (TPSA) is 123 Å². The number of aliphatic imine (C=N–C) groups is 1. The number of benzene rings is 1. The summed E-state index contributed by atoms with van der Waals surface area (Å²) in [5.41, 5.74) is -0.781. The highest BCUT2D eigenvalue weighted by Gasteiger charge is 2.49. The van der Waals surface area contributed by atoms with Crippen molar-refractivity contribution in [2.45, 2.75) is 64.0 Å². The summed E-state index contributed by atoms with van der Waals surface area (Å²) >= 11 is 5.99. The third-order valence-corrected chi connectivity index (χ3v) is 7.84. The second-order valence-corrected chi connectivity index (χ2v) is 12.8. The predicted molar refractivity (Wildman–Crippen MR) is 168 cm³/mol. The molecule has 3 heterocycles. The minimum absolute atomic E-state index is 0.0707. The van der Waals surface area contributed by atoms with E-state index in [-0.39, 0.29) is 29.9 Å². The summed E-state index contributed by atoms with van der Waals surface area (Å²) in [5, 5.41) is 3.66. The minimum Gasteiger partial charge on any atom is -0.482 e. The van der Waals surface area contributed by atoms with Gasteiger partial charge in [-0.2, -0.15) is 0 Å². The first kappa shape index (κ1) is 31.3. The highest BCUT2D eigenvalue weighted by Crippen LogP contribution is 2.46. The Kier molecular flexibility index (Phi) is 8.83. The van der Waals surface area contributed by atoms with Gasteiger partial charge in [-0.25, -0.2) is 9.78 Å². The fraction of sp³-hybridized carbons (Fsp3) is 0.424. The zero-order valence-corrected chi connectivity index (χ0v) is 26.4. The van der Waals surface area contributed by atoms with Crippen LogP contribution >= 0.6 is 11.6 Å². The Bertz CT molecular complexity index is 1630. The number of nitrogens with one attached hydrogen (secondary N) is 1. The molecule has 0 radical (unpaired) electrons. The summed E-state index contributed by atoms with van der Waals surface area (Å²) in [7, 11) is 3.74. The number of carbonyl (C=O) groups is 3. The molecule has 1 aromatic carbocycles. The molecule has 11 heteroatoms. The van der Waals surface area contributed by atoms with E-state index in [1.54, 1.807) is 63.4 Å². The number of ether oxygens (including phenoxy) is 2. The number of allylic oxidation sites excluding steroid dienone is 1. The van der Waals surface area contributed by atoms with Crippen molar-refractivity contribution < 1.29 is 28.3 Å². The largest absolute Gasteiger partial charge is 0.482 e. The Morgan fingerprint density at radius 1 is 1.11 bits per heavy atom. The number of carbonyl (C=O) groups excluding carboxylic acids is 3. The number of rotatable bonds is 9. The Hall–Kier alpha value is -4.18. The van der Waals surface area contributed by atoms with E-state index >= 15 is 0 Å². The average molecular weight is 621 g/mol. The van der Waals surface area contributed by atoms with Crippen molar-refractivity contribution >= 4 is 52.3 Å². The highest BCUT2D eigenvalue weighted by molar-refractivity contribution is 6.30. The lowest BCUT2D eigenvalue weighted by Crippen LogP contribution is -2.38. The maximum atomic E-state index is 14.6.